The number of allylic oxidation sites excluding steroid dienone is 2. The molecule has 10 heavy (non-hydrogen) atoms. The Morgan fingerprint density at radius 2 is 2.00 bits per heavy atom. The van der Waals surface area contributed by atoms with E-state index in [1.54, 1.807) is 6.92 Å². The Bertz CT molecular complexity index is 184. The monoisotopic (exact) mass is 209 g/mol. The predicted molar refractivity (Wildman–Crippen MR) is 41.5 cm³/mol. The summed E-state index contributed by atoms with van der Waals surface area (Å²) in [6.07, 6.45) is 2.16. The van der Waals surface area contributed by atoms with Gasteiger partial charge >= 0.3 is 0 Å². The summed E-state index contributed by atoms with van der Waals surface area (Å²) in [6, 6.07) is 0. The van der Waals surface area contributed by atoms with Gasteiger partial charge in [-0.3, -0.25) is 4.99 Å². The van der Waals surface area contributed by atoms with Crippen LogP contribution in [0.5, 0.6) is 0 Å². The zero-order valence-corrected chi connectivity index (χ0v) is 6.90. The van der Waals surface area contributed by atoms with Crippen LogP contribution in [-0.2, 0) is 0 Å². The quantitative estimate of drug-likeness (QED) is 0.490. The van der Waals surface area contributed by atoms with Gasteiger partial charge in [0.1, 0.15) is 0 Å². The molecule has 0 radical (unpaired) electrons. The maximum atomic E-state index is 12.3. The van der Waals surface area contributed by atoms with Crippen molar-refractivity contribution in [2.45, 2.75) is 6.92 Å². The van der Waals surface area contributed by atoms with Gasteiger partial charge < -0.3 is 0 Å². The molecular formula is C6H6BrF2N. The molecule has 0 N–H and O–H groups in total. The van der Waals surface area contributed by atoms with E-state index < -0.39 is 11.7 Å². The van der Waals surface area contributed by atoms with Gasteiger partial charge in [-0.15, -0.1) is 0 Å². The normalized spacial score (nSPS) is 14.8. The third kappa shape index (κ3) is 3.50. The molecule has 0 saturated heterocycles. The van der Waals surface area contributed by atoms with Crippen molar-refractivity contribution >= 4 is 22.1 Å². The van der Waals surface area contributed by atoms with Gasteiger partial charge in [0, 0.05) is 11.2 Å². The molecule has 0 aromatic carbocycles. The first-order valence-corrected chi connectivity index (χ1v) is 3.43. The van der Waals surface area contributed by atoms with Crippen LogP contribution in [0.25, 0.3) is 0 Å². The van der Waals surface area contributed by atoms with E-state index in [1.807, 2.05) is 0 Å². The molecule has 0 heterocycles. The Balaban J connectivity index is 4.19. The van der Waals surface area contributed by atoms with Crippen molar-refractivity contribution in [2.24, 2.45) is 4.99 Å². The first kappa shape index (κ1) is 9.49. The zero-order valence-electron chi connectivity index (χ0n) is 5.31. The highest BCUT2D eigenvalue weighted by atomic mass is 79.9. The Kier molecular flexibility index (Phi) is 5.02. The van der Waals surface area contributed by atoms with E-state index in [2.05, 4.69) is 20.9 Å². The van der Waals surface area contributed by atoms with Gasteiger partial charge in [0.05, 0.1) is 6.20 Å². The Morgan fingerprint density at radius 1 is 1.40 bits per heavy atom. The molecule has 1 nitrogen and oxygen atoms in total. The van der Waals surface area contributed by atoms with Crippen LogP contribution in [0.15, 0.2) is 27.8 Å². The second-order valence-electron chi connectivity index (χ2n) is 1.34. The lowest BCUT2D eigenvalue weighted by molar-refractivity contribution is 0.545. The molecule has 0 bridgehead atoms. The SMILES string of the molecule is C\C=N/C=C(F)\C(F)=C\Br. The van der Waals surface area contributed by atoms with E-state index in [9.17, 15) is 8.78 Å². The van der Waals surface area contributed by atoms with Crippen molar-refractivity contribution in [2.75, 3.05) is 0 Å². The fourth-order valence-electron chi connectivity index (χ4n) is 0.254. The smallest absolute Gasteiger partial charge is 0.177 e. The first-order chi connectivity index (χ1) is 4.72. The van der Waals surface area contributed by atoms with Gasteiger partial charge in [0.2, 0.25) is 0 Å². The standard InChI is InChI=1S/C6H6BrF2N/c1-2-10-4-6(9)5(8)3-7/h2-4H,1H3/b5-3-,6-4+,10-2-. The van der Waals surface area contributed by atoms with Gasteiger partial charge in [-0.1, -0.05) is 15.9 Å². The van der Waals surface area contributed by atoms with Crippen molar-refractivity contribution in [3.05, 3.63) is 22.8 Å². The second kappa shape index (κ2) is 5.29. The van der Waals surface area contributed by atoms with Crippen molar-refractivity contribution in [1.82, 2.24) is 0 Å². The van der Waals surface area contributed by atoms with Crippen LogP contribution in [0.3, 0.4) is 0 Å². The highest BCUT2D eigenvalue weighted by Crippen LogP contribution is 2.13. The lowest BCUT2D eigenvalue weighted by Gasteiger charge is -1.85. The van der Waals surface area contributed by atoms with E-state index in [0.717, 1.165) is 11.2 Å². The topological polar surface area (TPSA) is 12.4 Å². The van der Waals surface area contributed by atoms with Crippen LogP contribution in [0.2, 0.25) is 0 Å². The average Bonchev–Trinajstić information content (AvgIpc) is 1.98. The average molecular weight is 210 g/mol. The summed E-state index contributed by atoms with van der Waals surface area (Å²) in [4.78, 5) is 4.23. The molecule has 0 spiro atoms. The maximum absolute atomic E-state index is 12.3. The summed E-state index contributed by atoms with van der Waals surface area (Å²) in [5.41, 5.74) is 0. The van der Waals surface area contributed by atoms with Crippen molar-refractivity contribution in [1.29, 1.82) is 0 Å². The van der Waals surface area contributed by atoms with Gasteiger partial charge in [0.15, 0.2) is 11.7 Å². The number of nitrogens with zero attached hydrogens (tertiary/aromatic N) is 1. The van der Waals surface area contributed by atoms with Gasteiger partial charge in [-0.25, -0.2) is 8.78 Å². The van der Waals surface area contributed by atoms with E-state index in [-0.39, 0.29) is 0 Å². The van der Waals surface area contributed by atoms with Crippen LogP contribution in [0.1, 0.15) is 6.92 Å². The predicted octanol–water partition coefficient (Wildman–Crippen LogP) is 3.09. The molecule has 56 valence electrons. The minimum Gasteiger partial charge on any atom is -0.266 e. The van der Waals surface area contributed by atoms with Crippen molar-refractivity contribution in [3.63, 3.8) is 0 Å². The van der Waals surface area contributed by atoms with E-state index in [1.165, 1.54) is 6.21 Å². The molecule has 0 rings (SSSR count). The number of halogens is 3. The van der Waals surface area contributed by atoms with Crippen LogP contribution < -0.4 is 0 Å². The molecule has 0 aromatic heterocycles. The van der Waals surface area contributed by atoms with Gasteiger partial charge in [0.25, 0.3) is 0 Å². The molecule has 0 saturated carbocycles. The summed E-state index contributed by atoms with van der Waals surface area (Å²) >= 11 is 2.64. The summed E-state index contributed by atoms with van der Waals surface area (Å²) in [5.74, 6) is -1.96. The zero-order chi connectivity index (χ0) is 7.98. The van der Waals surface area contributed by atoms with E-state index in [4.69, 9.17) is 0 Å². The van der Waals surface area contributed by atoms with E-state index in [0.29, 0.717) is 0 Å². The molecule has 0 aromatic rings. The highest BCUT2D eigenvalue weighted by molar-refractivity contribution is 9.11. The largest absolute Gasteiger partial charge is 0.266 e. The fraction of sp³-hybridized carbons (Fsp3) is 0.167. The van der Waals surface area contributed by atoms with Gasteiger partial charge in [-0.05, 0) is 6.92 Å². The Labute approximate surface area is 66.3 Å². The van der Waals surface area contributed by atoms with Crippen molar-refractivity contribution in [3.8, 4) is 0 Å². The third-order valence-corrected chi connectivity index (χ3v) is 1.06. The number of aliphatic imine (C=N–C) groups is 1. The summed E-state index contributed by atoms with van der Waals surface area (Å²) in [6.45, 7) is 1.61. The molecular weight excluding hydrogens is 204 g/mol. The third-order valence-electron chi connectivity index (χ3n) is 0.661. The van der Waals surface area contributed by atoms with Crippen LogP contribution in [-0.4, -0.2) is 6.21 Å². The summed E-state index contributed by atoms with van der Waals surface area (Å²) < 4.78 is 24.4. The molecule has 0 unspecified atom stereocenters. The molecule has 0 amide bonds. The molecule has 0 atom stereocenters. The fourth-order valence-corrected chi connectivity index (χ4v) is 0.472. The molecule has 0 aliphatic rings. The van der Waals surface area contributed by atoms with Crippen LogP contribution in [0, 0.1) is 0 Å². The number of hydrogen-bond acceptors (Lipinski definition) is 1. The minimum absolute atomic E-state index is 0.799. The summed E-state index contributed by atoms with van der Waals surface area (Å²) in [5, 5.41) is 0. The van der Waals surface area contributed by atoms with Crippen molar-refractivity contribution < 1.29 is 8.78 Å². The Morgan fingerprint density at radius 3 is 2.40 bits per heavy atom. The maximum Gasteiger partial charge on any atom is 0.177 e. The lowest BCUT2D eigenvalue weighted by atomic mass is 10.5. The molecule has 0 aliphatic heterocycles. The lowest BCUT2D eigenvalue weighted by Crippen LogP contribution is -1.71. The second-order valence-corrected chi connectivity index (χ2v) is 1.80. The number of hydrogen-bond donors (Lipinski definition) is 0. The first-order valence-electron chi connectivity index (χ1n) is 2.52. The van der Waals surface area contributed by atoms with Crippen LogP contribution in [0.4, 0.5) is 8.78 Å². The Hall–Kier alpha value is -0.510. The molecule has 0 fully saturated rings. The van der Waals surface area contributed by atoms with E-state index >= 15 is 0 Å². The molecule has 0 aliphatic carbocycles. The molecule has 4 heteroatoms. The number of rotatable bonds is 2. The van der Waals surface area contributed by atoms with Gasteiger partial charge in [-0.2, -0.15) is 0 Å². The summed E-state index contributed by atoms with van der Waals surface area (Å²) in [7, 11) is 0. The minimum atomic E-state index is -0.991. The van der Waals surface area contributed by atoms with Crippen LogP contribution >= 0.6 is 15.9 Å². The highest BCUT2D eigenvalue weighted by Gasteiger charge is 1.98.